The lowest BCUT2D eigenvalue weighted by Gasteiger charge is -2.04. The highest BCUT2D eigenvalue weighted by molar-refractivity contribution is 5.36. The second-order valence-electron chi connectivity index (χ2n) is 3.83. The molecule has 88 valence electrons. The van der Waals surface area contributed by atoms with Gasteiger partial charge in [0, 0.05) is 6.42 Å². The van der Waals surface area contributed by atoms with Crippen LogP contribution in [0, 0.1) is 12.7 Å². The molecule has 1 aromatic heterocycles. The summed E-state index contributed by atoms with van der Waals surface area (Å²) in [6.45, 7) is 1.61. The van der Waals surface area contributed by atoms with Crippen LogP contribution in [0.4, 0.5) is 10.2 Å². The standard InChI is InChI=1S/C12H12FN3O/c1-7-11(14)15-10(16-12(7)17)6-8-2-4-9(13)5-3-8/h2-5H,6H2,1H3,(H3,14,15,16,17). The highest BCUT2D eigenvalue weighted by atomic mass is 19.1. The summed E-state index contributed by atoms with van der Waals surface area (Å²) in [5.74, 6) is 0.411. The molecule has 5 heteroatoms. The largest absolute Gasteiger partial charge is 0.383 e. The van der Waals surface area contributed by atoms with Crippen molar-refractivity contribution in [3.05, 3.63) is 57.4 Å². The van der Waals surface area contributed by atoms with Crippen LogP contribution in [-0.4, -0.2) is 9.97 Å². The Morgan fingerprint density at radius 2 is 2.00 bits per heavy atom. The van der Waals surface area contributed by atoms with Crippen molar-refractivity contribution in [3.63, 3.8) is 0 Å². The number of rotatable bonds is 2. The highest BCUT2D eigenvalue weighted by Gasteiger charge is 2.05. The van der Waals surface area contributed by atoms with Crippen LogP contribution in [0.25, 0.3) is 0 Å². The molecule has 0 amide bonds. The number of H-pyrrole nitrogens is 1. The number of benzene rings is 1. The number of nitrogens with two attached hydrogens (primary N) is 1. The average molecular weight is 233 g/mol. The van der Waals surface area contributed by atoms with Crippen LogP contribution in [0.1, 0.15) is 17.0 Å². The predicted octanol–water partition coefficient (Wildman–Crippen LogP) is 1.39. The zero-order valence-corrected chi connectivity index (χ0v) is 9.33. The molecule has 0 bridgehead atoms. The first-order chi connectivity index (χ1) is 8.06. The molecule has 0 radical (unpaired) electrons. The molecule has 0 spiro atoms. The zero-order chi connectivity index (χ0) is 12.4. The van der Waals surface area contributed by atoms with Crippen LogP contribution in [0.2, 0.25) is 0 Å². The first-order valence-corrected chi connectivity index (χ1v) is 5.16. The number of anilines is 1. The van der Waals surface area contributed by atoms with Gasteiger partial charge in [0.05, 0.1) is 5.56 Å². The maximum absolute atomic E-state index is 12.7. The van der Waals surface area contributed by atoms with Crippen LogP contribution in [-0.2, 0) is 6.42 Å². The Bertz CT molecular complexity index is 590. The van der Waals surface area contributed by atoms with Gasteiger partial charge >= 0.3 is 0 Å². The van der Waals surface area contributed by atoms with Crippen LogP contribution in [0.3, 0.4) is 0 Å². The molecule has 0 atom stereocenters. The van der Waals surface area contributed by atoms with Gasteiger partial charge in [-0.3, -0.25) is 4.79 Å². The molecule has 2 rings (SSSR count). The van der Waals surface area contributed by atoms with E-state index in [0.717, 1.165) is 5.56 Å². The quantitative estimate of drug-likeness (QED) is 0.823. The minimum absolute atomic E-state index is 0.228. The van der Waals surface area contributed by atoms with Gasteiger partial charge in [-0.15, -0.1) is 0 Å². The molecule has 0 unspecified atom stereocenters. The van der Waals surface area contributed by atoms with Crippen molar-refractivity contribution in [2.75, 3.05) is 5.73 Å². The third-order valence-electron chi connectivity index (χ3n) is 2.52. The summed E-state index contributed by atoms with van der Waals surface area (Å²) >= 11 is 0. The Labute approximate surface area is 97.3 Å². The van der Waals surface area contributed by atoms with E-state index in [0.29, 0.717) is 17.8 Å². The van der Waals surface area contributed by atoms with Crippen molar-refractivity contribution >= 4 is 5.82 Å². The Morgan fingerprint density at radius 3 is 2.59 bits per heavy atom. The lowest BCUT2D eigenvalue weighted by Crippen LogP contribution is -2.17. The monoisotopic (exact) mass is 233 g/mol. The van der Waals surface area contributed by atoms with Gasteiger partial charge in [0.25, 0.3) is 5.56 Å². The van der Waals surface area contributed by atoms with Gasteiger partial charge < -0.3 is 10.7 Å². The number of nitrogens with zero attached hydrogens (tertiary/aromatic N) is 1. The summed E-state index contributed by atoms with van der Waals surface area (Å²) in [7, 11) is 0. The molecule has 0 aliphatic rings. The summed E-state index contributed by atoms with van der Waals surface area (Å²) in [6, 6.07) is 6.02. The lowest BCUT2D eigenvalue weighted by molar-refractivity contribution is 0.627. The van der Waals surface area contributed by atoms with Crippen LogP contribution < -0.4 is 11.3 Å². The third kappa shape index (κ3) is 2.50. The fourth-order valence-corrected chi connectivity index (χ4v) is 1.48. The Hall–Kier alpha value is -2.17. The summed E-state index contributed by atoms with van der Waals surface area (Å²) in [6.07, 6.45) is 0.417. The highest BCUT2D eigenvalue weighted by Crippen LogP contribution is 2.08. The van der Waals surface area contributed by atoms with Gasteiger partial charge in [0.15, 0.2) is 0 Å². The smallest absolute Gasteiger partial charge is 0.255 e. The third-order valence-corrected chi connectivity index (χ3v) is 2.52. The molecule has 1 heterocycles. The van der Waals surface area contributed by atoms with E-state index in [9.17, 15) is 9.18 Å². The van der Waals surface area contributed by atoms with Crippen molar-refractivity contribution in [1.82, 2.24) is 9.97 Å². The average Bonchev–Trinajstić information content (AvgIpc) is 2.29. The molecule has 2 aromatic rings. The van der Waals surface area contributed by atoms with Gasteiger partial charge in [0.1, 0.15) is 17.5 Å². The molecular weight excluding hydrogens is 221 g/mol. The molecule has 4 nitrogen and oxygen atoms in total. The van der Waals surface area contributed by atoms with Gasteiger partial charge in [-0.25, -0.2) is 9.37 Å². The molecule has 17 heavy (non-hydrogen) atoms. The first kappa shape index (κ1) is 11.3. The van der Waals surface area contributed by atoms with E-state index in [1.807, 2.05) is 0 Å². The normalized spacial score (nSPS) is 10.5. The Morgan fingerprint density at radius 1 is 1.35 bits per heavy atom. The number of hydrogen-bond donors (Lipinski definition) is 2. The molecule has 0 aliphatic heterocycles. The number of hydrogen-bond acceptors (Lipinski definition) is 3. The summed E-state index contributed by atoms with van der Waals surface area (Å²) in [5, 5.41) is 0. The van der Waals surface area contributed by atoms with Crippen LogP contribution >= 0.6 is 0 Å². The molecule has 1 aromatic carbocycles. The Balaban J connectivity index is 2.30. The minimum Gasteiger partial charge on any atom is -0.383 e. The molecule has 0 saturated carbocycles. The summed E-state index contributed by atoms with van der Waals surface area (Å²) < 4.78 is 12.7. The minimum atomic E-state index is -0.293. The van der Waals surface area contributed by atoms with Gasteiger partial charge in [-0.05, 0) is 24.6 Å². The first-order valence-electron chi connectivity index (χ1n) is 5.16. The summed E-state index contributed by atoms with van der Waals surface area (Å²) in [4.78, 5) is 18.2. The van der Waals surface area contributed by atoms with Crippen molar-refractivity contribution in [1.29, 1.82) is 0 Å². The molecular formula is C12H12FN3O. The predicted molar refractivity (Wildman–Crippen MR) is 63.2 cm³/mol. The molecule has 0 aliphatic carbocycles. The number of nitrogen functional groups attached to an aromatic ring is 1. The van der Waals surface area contributed by atoms with Crippen LogP contribution in [0.5, 0.6) is 0 Å². The maximum atomic E-state index is 12.7. The van der Waals surface area contributed by atoms with Crippen molar-refractivity contribution in [2.45, 2.75) is 13.3 Å². The molecule has 0 saturated heterocycles. The van der Waals surface area contributed by atoms with Crippen molar-refractivity contribution in [2.24, 2.45) is 0 Å². The summed E-state index contributed by atoms with van der Waals surface area (Å²) in [5.41, 5.74) is 6.64. The number of aromatic amines is 1. The second-order valence-corrected chi connectivity index (χ2v) is 3.83. The fourth-order valence-electron chi connectivity index (χ4n) is 1.48. The SMILES string of the molecule is Cc1c(N)nc(Cc2ccc(F)cc2)[nH]c1=O. The van der Waals surface area contributed by atoms with E-state index in [1.54, 1.807) is 19.1 Å². The van der Waals surface area contributed by atoms with Crippen molar-refractivity contribution < 1.29 is 4.39 Å². The molecule has 0 fully saturated rings. The number of halogens is 1. The van der Waals surface area contributed by atoms with E-state index in [4.69, 9.17) is 5.73 Å². The van der Waals surface area contributed by atoms with E-state index in [1.165, 1.54) is 12.1 Å². The van der Waals surface area contributed by atoms with Gasteiger partial charge in [0.2, 0.25) is 0 Å². The molecule has 3 N–H and O–H groups in total. The van der Waals surface area contributed by atoms with Crippen molar-refractivity contribution in [3.8, 4) is 0 Å². The number of aromatic nitrogens is 2. The van der Waals surface area contributed by atoms with Gasteiger partial charge in [-0.1, -0.05) is 12.1 Å². The topological polar surface area (TPSA) is 71.8 Å². The zero-order valence-electron chi connectivity index (χ0n) is 9.33. The van der Waals surface area contributed by atoms with E-state index < -0.39 is 0 Å². The second kappa shape index (κ2) is 4.37. The van der Waals surface area contributed by atoms with Crippen LogP contribution in [0.15, 0.2) is 29.1 Å². The number of nitrogens with one attached hydrogen (secondary N) is 1. The fraction of sp³-hybridized carbons (Fsp3) is 0.167. The van der Waals surface area contributed by atoms with E-state index in [-0.39, 0.29) is 17.2 Å². The lowest BCUT2D eigenvalue weighted by atomic mass is 10.1. The van der Waals surface area contributed by atoms with E-state index >= 15 is 0 Å². The van der Waals surface area contributed by atoms with Gasteiger partial charge in [-0.2, -0.15) is 0 Å². The van der Waals surface area contributed by atoms with E-state index in [2.05, 4.69) is 9.97 Å². The maximum Gasteiger partial charge on any atom is 0.255 e. The Kier molecular flexibility index (Phi) is 2.91.